The Morgan fingerprint density at radius 3 is 2.58 bits per heavy atom. The van der Waals surface area contributed by atoms with E-state index in [9.17, 15) is 4.79 Å². The maximum atomic E-state index is 11.3. The van der Waals surface area contributed by atoms with Crippen molar-refractivity contribution in [1.82, 2.24) is 4.90 Å². The van der Waals surface area contributed by atoms with E-state index in [4.69, 9.17) is 11.6 Å². The largest absolute Gasteiger partial charge is 0.344 e. The van der Waals surface area contributed by atoms with Crippen LogP contribution in [-0.2, 0) is 4.79 Å². The summed E-state index contributed by atoms with van der Waals surface area (Å²) >= 11 is 5.68. The highest BCUT2D eigenvalue weighted by Crippen LogP contribution is 2.26. The van der Waals surface area contributed by atoms with E-state index in [0.717, 1.165) is 12.5 Å². The molecular weight excluding hydrogens is 174 g/mol. The van der Waals surface area contributed by atoms with Crippen molar-refractivity contribution in [2.24, 2.45) is 5.92 Å². The molecule has 3 heteroatoms. The highest BCUT2D eigenvalue weighted by Gasteiger charge is 2.22. The van der Waals surface area contributed by atoms with Gasteiger partial charge < -0.3 is 4.90 Å². The Balaban J connectivity index is 2.26. The van der Waals surface area contributed by atoms with Crippen molar-refractivity contribution in [2.45, 2.75) is 31.6 Å². The standard InChI is InChI=1S/C9H16ClNO/c1-7(10)9(12)11(2)6-8-4-3-5-8/h7-8H,3-6H2,1-2H3. The molecule has 0 aromatic carbocycles. The van der Waals surface area contributed by atoms with Crippen LogP contribution >= 0.6 is 11.6 Å². The summed E-state index contributed by atoms with van der Waals surface area (Å²) < 4.78 is 0. The van der Waals surface area contributed by atoms with Gasteiger partial charge in [0, 0.05) is 13.6 Å². The first-order valence-corrected chi connectivity index (χ1v) is 4.94. The molecule has 0 heterocycles. The van der Waals surface area contributed by atoms with E-state index in [-0.39, 0.29) is 11.3 Å². The zero-order chi connectivity index (χ0) is 9.14. The lowest BCUT2D eigenvalue weighted by Gasteiger charge is -2.30. The van der Waals surface area contributed by atoms with Gasteiger partial charge in [-0.3, -0.25) is 4.79 Å². The SMILES string of the molecule is CC(Cl)C(=O)N(C)CC1CCC1. The van der Waals surface area contributed by atoms with Crippen LogP contribution in [0.25, 0.3) is 0 Å². The Bertz CT molecular complexity index is 166. The van der Waals surface area contributed by atoms with Crippen LogP contribution in [0.4, 0.5) is 0 Å². The van der Waals surface area contributed by atoms with E-state index in [1.165, 1.54) is 19.3 Å². The lowest BCUT2D eigenvalue weighted by Crippen LogP contribution is -2.37. The molecule has 1 rings (SSSR count). The summed E-state index contributed by atoms with van der Waals surface area (Å²) in [7, 11) is 1.83. The van der Waals surface area contributed by atoms with Gasteiger partial charge in [0.15, 0.2) is 0 Å². The van der Waals surface area contributed by atoms with Gasteiger partial charge in [-0.05, 0) is 25.7 Å². The molecule has 0 bridgehead atoms. The molecule has 0 aromatic rings. The lowest BCUT2D eigenvalue weighted by atomic mass is 9.85. The van der Waals surface area contributed by atoms with Crippen molar-refractivity contribution in [2.75, 3.05) is 13.6 Å². The lowest BCUT2D eigenvalue weighted by molar-refractivity contribution is -0.130. The average molecular weight is 190 g/mol. The number of carbonyl (C=O) groups excluding carboxylic acids is 1. The summed E-state index contributed by atoms with van der Waals surface area (Å²) in [5, 5.41) is -0.380. The molecule has 1 saturated carbocycles. The third kappa shape index (κ3) is 2.37. The Morgan fingerprint density at radius 2 is 2.25 bits per heavy atom. The van der Waals surface area contributed by atoms with E-state index >= 15 is 0 Å². The van der Waals surface area contributed by atoms with Gasteiger partial charge >= 0.3 is 0 Å². The molecule has 2 nitrogen and oxygen atoms in total. The number of halogens is 1. The maximum Gasteiger partial charge on any atom is 0.240 e. The molecule has 1 fully saturated rings. The number of hydrogen-bond acceptors (Lipinski definition) is 1. The topological polar surface area (TPSA) is 20.3 Å². The van der Waals surface area contributed by atoms with E-state index in [2.05, 4.69) is 0 Å². The van der Waals surface area contributed by atoms with Gasteiger partial charge in [0.2, 0.25) is 5.91 Å². The van der Waals surface area contributed by atoms with Crippen molar-refractivity contribution in [3.8, 4) is 0 Å². The van der Waals surface area contributed by atoms with E-state index < -0.39 is 0 Å². The van der Waals surface area contributed by atoms with Gasteiger partial charge in [0.05, 0.1) is 0 Å². The molecule has 70 valence electrons. The summed E-state index contributed by atoms with van der Waals surface area (Å²) in [6.07, 6.45) is 3.87. The van der Waals surface area contributed by atoms with Crippen LogP contribution in [0.1, 0.15) is 26.2 Å². The molecule has 1 unspecified atom stereocenters. The maximum absolute atomic E-state index is 11.3. The van der Waals surface area contributed by atoms with Crippen LogP contribution in [0.15, 0.2) is 0 Å². The molecule has 1 amide bonds. The molecule has 1 atom stereocenters. The quantitative estimate of drug-likeness (QED) is 0.621. The smallest absolute Gasteiger partial charge is 0.240 e. The zero-order valence-corrected chi connectivity index (χ0v) is 8.47. The monoisotopic (exact) mass is 189 g/mol. The van der Waals surface area contributed by atoms with Crippen LogP contribution in [0, 0.1) is 5.92 Å². The average Bonchev–Trinajstić information content (AvgIpc) is 1.94. The Kier molecular flexibility index (Phi) is 3.39. The molecule has 1 aliphatic rings. The van der Waals surface area contributed by atoms with Crippen molar-refractivity contribution >= 4 is 17.5 Å². The normalized spacial score (nSPS) is 19.9. The second-order valence-electron chi connectivity index (χ2n) is 3.63. The van der Waals surface area contributed by atoms with Gasteiger partial charge in [-0.25, -0.2) is 0 Å². The van der Waals surface area contributed by atoms with Crippen molar-refractivity contribution < 1.29 is 4.79 Å². The van der Waals surface area contributed by atoms with E-state index in [0.29, 0.717) is 0 Å². The van der Waals surface area contributed by atoms with Crippen molar-refractivity contribution in [3.05, 3.63) is 0 Å². The molecule has 1 aliphatic carbocycles. The summed E-state index contributed by atoms with van der Waals surface area (Å²) in [6.45, 7) is 2.61. The number of amides is 1. The van der Waals surface area contributed by atoms with Crippen LogP contribution in [0.5, 0.6) is 0 Å². The first kappa shape index (κ1) is 9.85. The minimum absolute atomic E-state index is 0.0450. The van der Waals surface area contributed by atoms with E-state index in [1.807, 2.05) is 7.05 Å². The number of hydrogen-bond donors (Lipinski definition) is 0. The summed E-state index contributed by atoms with van der Waals surface area (Å²) in [4.78, 5) is 13.1. The number of rotatable bonds is 3. The minimum atomic E-state index is -0.380. The van der Waals surface area contributed by atoms with Gasteiger partial charge in [0.1, 0.15) is 5.38 Å². The van der Waals surface area contributed by atoms with Crippen LogP contribution < -0.4 is 0 Å². The molecule has 0 N–H and O–H groups in total. The van der Waals surface area contributed by atoms with Crippen molar-refractivity contribution in [3.63, 3.8) is 0 Å². The highest BCUT2D eigenvalue weighted by atomic mass is 35.5. The van der Waals surface area contributed by atoms with E-state index in [1.54, 1.807) is 11.8 Å². The van der Waals surface area contributed by atoms with Crippen molar-refractivity contribution in [1.29, 1.82) is 0 Å². The van der Waals surface area contributed by atoms with Gasteiger partial charge in [-0.1, -0.05) is 6.42 Å². The fourth-order valence-corrected chi connectivity index (χ4v) is 1.62. The Morgan fingerprint density at radius 1 is 1.67 bits per heavy atom. The highest BCUT2D eigenvalue weighted by molar-refractivity contribution is 6.30. The van der Waals surface area contributed by atoms with Gasteiger partial charge in [-0.2, -0.15) is 0 Å². The molecule has 0 saturated heterocycles. The Hall–Kier alpha value is -0.240. The zero-order valence-electron chi connectivity index (χ0n) is 7.72. The second kappa shape index (κ2) is 4.13. The predicted octanol–water partition coefficient (Wildman–Crippen LogP) is 1.87. The fourth-order valence-electron chi connectivity index (χ4n) is 1.46. The second-order valence-corrected chi connectivity index (χ2v) is 4.29. The first-order valence-electron chi connectivity index (χ1n) is 4.50. The molecule has 0 aliphatic heterocycles. The number of carbonyl (C=O) groups is 1. The first-order chi connectivity index (χ1) is 5.61. The molecule has 12 heavy (non-hydrogen) atoms. The minimum Gasteiger partial charge on any atom is -0.344 e. The number of nitrogens with zero attached hydrogens (tertiary/aromatic N) is 1. The van der Waals surface area contributed by atoms with Crippen LogP contribution in [0.2, 0.25) is 0 Å². The van der Waals surface area contributed by atoms with Gasteiger partial charge in [0.25, 0.3) is 0 Å². The number of alkyl halides is 1. The van der Waals surface area contributed by atoms with Gasteiger partial charge in [-0.15, -0.1) is 11.6 Å². The van der Waals surface area contributed by atoms with Crippen LogP contribution in [0.3, 0.4) is 0 Å². The molecular formula is C9H16ClNO. The molecule has 0 spiro atoms. The summed E-state index contributed by atoms with van der Waals surface area (Å²) in [6, 6.07) is 0. The Labute approximate surface area is 78.9 Å². The molecule has 0 radical (unpaired) electrons. The predicted molar refractivity (Wildman–Crippen MR) is 50.3 cm³/mol. The third-order valence-electron chi connectivity index (χ3n) is 2.47. The van der Waals surface area contributed by atoms with Crippen LogP contribution in [-0.4, -0.2) is 29.8 Å². The summed E-state index contributed by atoms with van der Waals surface area (Å²) in [5.41, 5.74) is 0. The third-order valence-corrected chi connectivity index (χ3v) is 2.66. The molecule has 0 aromatic heterocycles. The summed E-state index contributed by atoms with van der Waals surface area (Å²) in [5.74, 6) is 0.776. The fraction of sp³-hybridized carbons (Fsp3) is 0.889.